The Morgan fingerprint density at radius 2 is 1.45 bits per heavy atom. The summed E-state index contributed by atoms with van der Waals surface area (Å²) in [5.74, 6) is 0.858. The van der Waals surface area contributed by atoms with E-state index in [9.17, 15) is 4.79 Å². The van der Waals surface area contributed by atoms with Gasteiger partial charge in [0.05, 0.1) is 5.69 Å². The molecule has 0 unspecified atom stereocenters. The summed E-state index contributed by atoms with van der Waals surface area (Å²) >= 11 is 0. The number of hydrogen-bond acceptors (Lipinski definition) is 4. The zero-order chi connectivity index (χ0) is 22.0. The number of rotatable bonds is 3. The molecule has 3 aromatic rings. The number of likely N-dealkylation sites (tertiary alicyclic amines) is 1. The standard InChI is InChI=1S/C26H30N4O/c1-26(2,3)22-10-8-19(9-11-22)18-4-6-21(7-5-18)25(31)30-16-14-20(15-17-30)23-12-13-24(27)29-28-23/h4-13,20H,14-17H2,1-3H3,(H2,27,29). The van der Waals surface area contributed by atoms with Gasteiger partial charge in [-0.15, -0.1) is 5.10 Å². The summed E-state index contributed by atoms with van der Waals surface area (Å²) in [5.41, 5.74) is 11.1. The molecule has 0 saturated carbocycles. The molecular weight excluding hydrogens is 384 g/mol. The number of aromatic nitrogens is 2. The van der Waals surface area contributed by atoms with Crippen molar-refractivity contribution in [1.82, 2.24) is 15.1 Å². The maximum absolute atomic E-state index is 13.0. The van der Waals surface area contributed by atoms with E-state index in [0.717, 1.165) is 48.3 Å². The monoisotopic (exact) mass is 414 g/mol. The summed E-state index contributed by atoms with van der Waals surface area (Å²) in [4.78, 5) is 14.9. The molecule has 1 aliphatic heterocycles. The quantitative estimate of drug-likeness (QED) is 0.651. The number of hydrogen-bond donors (Lipinski definition) is 1. The lowest BCUT2D eigenvalue weighted by molar-refractivity contribution is 0.0712. The smallest absolute Gasteiger partial charge is 0.253 e. The molecule has 0 spiro atoms. The van der Waals surface area contributed by atoms with E-state index in [4.69, 9.17) is 5.73 Å². The van der Waals surface area contributed by atoms with Crippen molar-refractivity contribution in [2.24, 2.45) is 0 Å². The predicted molar refractivity (Wildman–Crippen MR) is 125 cm³/mol. The van der Waals surface area contributed by atoms with Gasteiger partial charge in [0.15, 0.2) is 0 Å². The van der Waals surface area contributed by atoms with Crippen molar-refractivity contribution in [3.63, 3.8) is 0 Å². The molecule has 1 aliphatic rings. The lowest BCUT2D eigenvalue weighted by Crippen LogP contribution is -2.38. The van der Waals surface area contributed by atoms with Gasteiger partial charge in [0, 0.05) is 24.6 Å². The van der Waals surface area contributed by atoms with Gasteiger partial charge in [-0.25, -0.2) is 0 Å². The van der Waals surface area contributed by atoms with Crippen LogP contribution in [0.4, 0.5) is 5.82 Å². The van der Waals surface area contributed by atoms with Crippen molar-refractivity contribution in [3.8, 4) is 11.1 Å². The van der Waals surface area contributed by atoms with Crippen molar-refractivity contribution in [2.45, 2.75) is 44.9 Å². The van der Waals surface area contributed by atoms with Gasteiger partial charge >= 0.3 is 0 Å². The van der Waals surface area contributed by atoms with Crippen molar-refractivity contribution in [3.05, 3.63) is 77.5 Å². The average Bonchev–Trinajstić information content (AvgIpc) is 2.79. The Hall–Kier alpha value is -3.21. The first-order valence-corrected chi connectivity index (χ1v) is 10.9. The fraction of sp³-hybridized carbons (Fsp3) is 0.346. The number of nitrogens with two attached hydrogens (primary N) is 1. The van der Waals surface area contributed by atoms with Crippen LogP contribution in [-0.4, -0.2) is 34.1 Å². The zero-order valence-electron chi connectivity index (χ0n) is 18.5. The minimum atomic E-state index is 0.0940. The Bertz CT molecular complexity index is 1030. The third-order valence-corrected chi connectivity index (χ3v) is 6.12. The fourth-order valence-electron chi connectivity index (χ4n) is 4.10. The van der Waals surface area contributed by atoms with Gasteiger partial charge in [-0.3, -0.25) is 4.79 Å². The highest BCUT2D eigenvalue weighted by Crippen LogP contribution is 2.29. The van der Waals surface area contributed by atoms with E-state index in [-0.39, 0.29) is 11.3 Å². The van der Waals surface area contributed by atoms with E-state index in [1.807, 2.05) is 35.2 Å². The second-order valence-corrected chi connectivity index (χ2v) is 9.35. The maximum Gasteiger partial charge on any atom is 0.253 e. The number of nitrogens with zero attached hydrogens (tertiary/aromatic N) is 3. The van der Waals surface area contributed by atoms with Gasteiger partial charge in [-0.2, -0.15) is 5.10 Å². The number of amides is 1. The lowest BCUT2D eigenvalue weighted by Gasteiger charge is -2.31. The van der Waals surface area contributed by atoms with E-state index < -0.39 is 0 Å². The number of carbonyl (C=O) groups is 1. The topological polar surface area (TPSA) is 72.1 Å². The fourth-order valence-corrected chi connectivity index (χ4v) is 4.10. The molecule has 0 atom stereocenters. The Morgan fingerprint density at radius 3 is 1.97 bits per heavy atom. The third kappa shape index (κ3) is 4.76. The summed E-state index contributed by atoms with van der Waals surface area (Å²) in [5, 5.41) is 8.16. The highest BCUT2D eigenvalue weighted by Gasteiger charge is 2.25. The van der Waals surface area contributed by atoms with E-state index in [0.29, 0.717) is 11.7 Å². The molecule has 1 amide bonds. The lowest BCUT2D eigenvalue weighted by atomic mass is 9.86. The van der Waals surface area contributed by atoms with Crippen molar-refractivity contribution in [1.29, 1.82) is 0 Å². The van der Waals surface area contributed by atoms with Crippen LogP contribution in [0, 0.1) is 0 Å². The molecule has 1 aromatic heterocycles. The molecule has 2 heterocycles. The van der Waals surface area contributed by atoms with E-state index in [1.54, 1.807) is 6.07 Å². The molecule has 1 fully saturated rings. The average molecular weight is 415 g/mol. The molecule has 0 bridgehead atoms. The van der Waals surface area contributed by atoms with Crippen LogP contribution in [0.3, 0.4) is 0 Å². The Kier molecular flexibility index (Phi) is 5.77. The van der Waals surface area contributed by atoms with E-state index >= 15 is 0 Å². The van der Waals surface area contributed by atoms with E-state index in [2.05, 4.69) is 55.2 Å². The maximum atomic E-state index is 13.0. The van der Waals surface area contributed by atoms with Gasteiger partial charge in [-0.05, 0) is 59.2 Å². The molecule has 0 aliphatic carbocycles. The van der Waals surface area contributed by atoms with Crippen LogP contribution in [0.5, 0.6) is 0 Å². The Labute approximate surface area is 184 Å². The Morgan fingerprint density at radius 1 is 0.871 bits per heavy atom. The SMILES string of the molecule is CC(C)(C)c1ccc(-c2ccc(C(=O)N3CCC(c4ccc(N)nn4)CC3)cc2)cc1. The number of benzene rings is 2. The second-order valence-electron chi connectivity index (χ2n) is 9.35. The highest BCUT2D eigenvalue weighted by molar-refractivity contribution is 5.94. The first-order valence-electron chi connectivity index (χ1n) is 10.9. The molecule has 5 nitrogen and oxygen atoms in total. The van der Waals surface area contributed by atoms with Gasteiger partial charge in [0.2, 0.25) is 0 Å². The molecule has 160 valence electrons. The molecule has 4 rings (SSSR count). The summed E-state index contributed by atoms with van der Waals surface area (Å²) in [6.07, 6.45) is 1.78. The molecular formula is C26H30N4O. The zero-order valence-corrected chi connectivity index (χ0v) is 18.5. The largest absolute Gasteiger partial charge is 0.382 e. The molecule has 0 radical (unpaired) electrons. The molecule has 2 N–H and O–H groups in total. The van der Waals surface area contributed by atoms with Crippen LogP contribution < -0.4 is 5.73 Å². The number of anilines is 1. The summed E-state index contributed by atoms with van der Waals surface area (Å²) in [6.45, 7) is 8.11. The van der Waals surface area contributed by atoms with Crippen LogP contribution in [0.1, 0.15) is 61.1 Å². The number of piperidine rings is 1. The summed E-state index contributed by atoms with van der Waals surface area (Å²) in [6, 6.07) is 20.4. The minimum absolute atomic E-state index is 0.0940. The second kappa shape index (κ2) is 8.50. The van der Waals surface area contributed by atoms with Crippen molar-refractivity contribution in [2.75, 3.05) is 18.8 Å². The Balaban J connectivity index is 1.39. The third-order valence-electron chi connectivity index (χ3n) is 6.12. The summed E-state index contributed by atoms with van der Waals surface area (Å²) in [7, 11) is 0. The van der Waals surface area contributed by atoms with Crippen LogP contribution >= 0.6 is 0 Å². The molecule has 31 heavy (non-hydrogen) atoms. The number of nitrogen functional groups attached to an aromatic ring is 1. The molecule has 5 heteroatoms. The van der Waals surface area contributed by atoms with Crippen LogP contribution in [-0.2, 0) is 5.41 Å². The van der Waals surface area contributed by atoms with Crippen LogP contribution in [0.15, 0.2) is 60.7 Å². The van der Waals surface area contributed by atoms with Gasteiger partial charge in [-0.1, -0.05) is 57.2 Å². The van der Waals surface area contributed by atoms with Crippen LogP contribution in [0.25, 0.3) is 11.1 Å². The first kappa shape index (κ1) is 21.0. The summed E-state index contributed by atoms with van der Waals surface area (Å²) < 4.78 is 0. The predicted octanol–water partition coefficient (Wildman–Crippen LogP) is 5.04. The van der Waals surface area contributed by atoms with Crippen LogP contribution in [0.2, 0.25) is 0 Å². The molecule has 2 aromatic carbocycles. The van der Waals surface area contributed by atoms with Gasteiger partial charge in [0.25, 0.3) is 5.91 Å². The molecule has 1 saturated heterocycles. The van der Waals surface area contributed by atoms with Gasteiger partial charge < -0.3 is 10.6 Å². The van der Waals surface area contributed by atoms with Gasteiger partial charge in [0.1, 0.15) is 5.82 Å². The first-order chi connectivity index (χ1) is 14.8. The van der Waals surface area contributed by atoms with E-state index in [1.165, 1.54) is 5.56 Å². The van der Waals surface area contributed by atoms with Crippen molar-refractivity contribution < 1.29 is 4.79 Å². The van der Waals surface area contributed by atoms with Crippen molar-refractivity contribution >= 4 is 11.7 Å². The minimum Gasteiger partial charge on any atom is -0.382 e. The normalized spacial score (nSPS) is 15.1. The number of carbonyl (C=O) groups excluding carboxylic acids is 1. The highest BCUT2D eigenvalue weighted by atomic mass is 16.2.